The third kappa shape index (κ3) is 2.17. The molecule has 1 aliphatic heterocycles. The summed E-state index contributed by atoms with van der Waals surface area (Å²) in [6.07, 6.45) is 2.93. The summed E-state index contributed by atoms with van der Waals surface area (Å²) < 4.78 is 0. The van der Waals surface area contributed by atoms with Crippen LogP contribution in [0.5, 0.6) is 5.75 Å². The van der Waals surface area contributed by atoms with E-state index in [9.17, 15) is 5.11 Å². The van der Waals surface area contributed by atoms with Crippen LogP contribution in [0.1, 0.15) is 5.69 Å². The van der Waals surface area contributed by atoms with E-state index in [1.54, 1.807) is 12.1 Å². The van der Waals surface area contributed by atoms with Crippen LogP contribution >= 0.6 is 0 Å². The number of imidazole rings is 1. The Balaban J connectivity index is 1.79. The predicted octanol–water partition coefficient (Wildman–Crippen LogP) is 1.54. The number of rotatable bonds is 3. The van der Waals surface area contributed by atoms with Gasteiger partial charge in [0.25, 0.3) is 0 Å². The van der Waals surface area contributed by atoms with Crippen LogP contribution in [0.25, 0.3) is 11.4 Å². The zero-order chi connectivity index (χ0) is 11.7. The Morgan fingerprint density at radius 1 is 1.35 bits per heavy atom. The van der Waals surface area contributed by atoms with Gasteiger partial charge in [0.2, 0.25) is 0 Å². The minimum Gasteiger partial charge on any atom is -0.508 e. The summed E-state index contributed by atoms with van der Waals surface area (Å²) in [4.78, 5) is 7.66. The largest absolute Gasteiger partial charge is 0.508 e. The first-order valence-electron chi connectivity index (χ1n) is 5.85. The maximum Gasteiger partial charge on any atom is 0.137 e. The molecule has 17 heavy (non-hydrogen) atoms. The van der Waals surface area contributed by atoms with Crippen LogP contribution in [0.4, 0.5) is 0 Å². The van der Waals surface area contributed by atoms with Crippen molar-refractivity contribution in [2.24, 2.45) is 5.92 Å². The highest BCUT2D eigenvalue weighted by molar-refractivity contribution is 5.57. The fourth-order valence-electron chi connectivity index (χ4n) is 2.07. The smallest absolute Gasteiger partial charge is 0.137 e. The van der Waals surface area contributed by atoms with Gasteiger partial charge in [-0.3, -0.25) is 0 Å². The molecule has 0 amide bonds. The quantitative estimate of drug-likeness (QED) is 0.748. The van der Waals surface area contributed by atoms with Gasteiger partial charge in [-0.1, -0.05) is 12.1 Å². The average Bonchev–Trinajstić information content (AvgIpc) is 2.72. The Morgan fingerprint density at radius 2 is 2.24 bits per heavy atom. The number of benzene rings is 1. The molecule has 0 atom stereocenters. The van der Waals surface area contributed by atoms with Crippen molar-refractivity contribution in [3.8, 4) is 17.1 Å². The molecule has 4 nitrogen and oxygen atoms in total. The second kappa shape index (κ2) is 4.22. The molecule has 0 radical (unpaired) electrons. The molecule has 3 rings (SSSR count). The number of nitrogens with one attached hydrogen (secondary N) is 2. The van der Waals surface area contributed by atoms with E-state index in [4.69, 9.17) is 0 Å². The minimum atomic E-state index is 0.267. The molecule has 0 saturated carbocycles. The SMILES string of the molecule is Oc1cccc(-c2ncc(CC3CNC3)[nH]2)c1. The topological polar surface area (TPSA) is 60.9 Å². The zero-order valence-electron chi connectivity index (χ0n) is 9.48. The fourth-order valence-corrected chi connectivity index (χ4v) is 2.07. The highest BCUT2D eigenvalue weighted by atomic mass is 16.3. The van der Waals surface area contributed by atoms with Crippen LogP contribution in [-0.2, 0) is 6.42 Å². The summed E-state index contributed by atoms with van der Waals surface area (Å²) in [5, 5.41) is 12.7. The summed E-state index contributed by atoms with van der Waals surface area (Å²) in [6.45, 7) is 2.20. The molecule has 1 saturated heterocycles. The van der Waals surface area contributed by atoms with Gasteiger partial charge in [-0.15, -0.1) is 0 Å². The van der Waals surface area contributed by atoms with Crippen LogP contribution in [0.3, 0.4) is 0 Å². The van der Waals surface area contributed by atoms with Crippen molar-refractivity contribution in [3.05, 3.63) is 36.2 Å². The highest BCUT2D eigenvalue weighted by Gasteiger charge is 2.18. The van der Waals surface area contributed by atoms with Gasteiger partial charge < -0.3 is 15.4 Å². The molecule has 0 unspecified atom stereocenters. The maximum atomic E-state index is 9.42. The van der Waals surface area contributed by atoms with Crippen LogP contribution in [0.2, 0.25) is 0 Å². The zero-order valence-corrected chi connectivity index (χ0v) is 9.48. The van der Waals surface area contributed by atoms with Crippen molar-refractivity contribution >= 4 is 0 Å². The lowest BCUT2D eigenvalue weighted by atomic mass is 9.98. The van der Waals surface area contributed by atoms with Gasteiger partial charge in [0.15, 0.2) is 0 Å². The molecular weight excluding hydrogens is 214 g/mol. The first-order valence-corrected chi connectivity index (χ1v) is 5.85. The number of hydrogen-bond acceptors (Lipinski definition) is 3. The molecule has 2 heterocycles. The fraction of sp³-hybridized carbons (Fsp3) is 0.308. The third-order valence-corrected chi connectivity index (χ3v) is 3.12. The molecule has 0 aliphatic carbocycles. The van der Waals surface area contributed by atoms with Gasteiger partial charge in [0.05, 0.1) is 0 Å². The van der Waals surface area contributed by atoms with Crippen LogP contribution in [-0.4, -0.2) is 28.2 Å². The Bertz CT molecular complexity index is 517. The molecule has 0 spiro atoms. The minimum absolute atomic E-state index is 0.267. The average molecular weight is 229 g/mol. The Labute approximate surface area is 99.7 Å². The molecule has 0 bridgehead atoms. The summed E-state index contributed by atoms with van der Waals surface area (Å²) in [6, 6.07) is 7.14. The van der Waals surface area contributed by atoms with Crippen LogP contribution < -0.4 is 5.32 Å². The summed E-state index contributed by atoms with van der Waals surface area (Å²) in [5.41, 5.74) is 2.08. The standard InChI is InChI=1S/C13H15N3O/c17-12-3-1-2-10(5-12)13-15-8-11(16-13)4-9-6-14-7-9/h1-3,5,8-9,14,17H,4,6-7H2,(H,15,16). The van der Waals surface area contributed by atoms with E-state index < -0.39 is 0 Å². The van der Waals surface area contributed by atoms with E-state index >= 15 is 0 Å². The van der Waals surface area contributed by atoms with Gasteiger partial charge in [-0.2, -0.15) is 0 Å². The van der Waals surface area contributed by atoms with Crippen molar-refractivity contribution in [1.82, 2.24) is 15.3 Å². The van der Waals surface area contributed by atoms with Crippen molar-refractivity contribution in [1.29, 1.82) is 0 Å². The third-order valence-electron chi connectivity index (χ3n) is 3.12. The van der Waals surface area contributed by atoms with Gasteiger partial charge in [0, 0.05) is 17.5 Å². The van der Waals surface area contributed by atoms with Gasteiger partial charge in [-0.25, -0.2) is 4.98 Å². The molecule has 88 valence electrons. The van der Waals surface area contributed by atoms with E-state index in [-0.39, 0.29) is 5.75 Å². The molecular formula is C13H15N3O. The summed E-state index contributed by atoms with van der Waals surface area (Å²) >= 11 is 0. The van der Waals surface area contributed by atoms with Crippen molar-refractivity contribution in [2.45, 2.75) is 6.42 Å². The van der Waals surface area contributed by atoms with E-state index in [2.05, 4.69) is 15.3 Å². The van der Waals surface area contributed by atoms with Gasteiger partial charge in [-0.05, 0) is 37.6 Å². The lowest BCUT2D eigenvalue weighted by molar-refractivity contribution is 0.344. The molecule has 1 aliphatic rings. The molecule has 1 aromatic carbocycles. The van der Waals surface area contributed by atoms with E-state index in [1.807, 2.05) is 18.3 Å². The lowest BCUT2D eigenvalue weighted by Gasteiger charge is -2.26. The van der Waals surface area contributed by atoms with Crippen LogP contribution in [0.15, 0.2) is 30.5 Å². The number of aromatic hydroxyl groups is 1. The number of H-pyrrole nitrogens is 1. The van der Waals surface area contributed by atoms with E-state index in [0.717, 1.165) is 42.5 Å². The van der Waals surface area contributed by atoms with Crippen LogP contribution in [0, 0.1) is 5.92 Å². The highest BCUT2D eigenvalue weighted by Crippen LogP contribution is 2.21. The van der Waals surface area contributed by atoms with E-state index in [0.29, 0.717) is 0 Å². The van der Waals surface area contributed by atoms with Crippen molar-refractivity contribution in [2.75, 3.05) is 13.1 Å². The number of phenolic OH excluding ortho intramolecular Hbond substituents is 1. The van der Waals surface area contributed by atoms with Crippen molar-refractivity contribution < 1.29 is 5.11 Å². The first kappa shape index (κ1) is 10.4. The second-order valence-electron chi connectivity index (χ2n) is 4.54. The Kier molecular flexibility index (Phi) is 2.57. The molecule has 1 fully saturated rings. The number of nitrogens with zero attached hydrogens (tertiary/aromatic N) is 1. The predicted molar refractivity (Wildman–Crippen MR) is 65.8 cm³/mol. The Hall–Kier alpha value is -1.81. The number of hydrogen-bond donors (Lipinski definition) is 3. The monoisotopic (exact) mass is 229 g/mol. The van der Waals surface area contributed by atoms with E-state index in [1.165, 1.54) is 0 Å². The molecule has 3 N–H and O–H groups in total. The Morgan fingerprint density at radius 3 is 2.94 bits per heavy atom. The van der Waals surface area contributed by atoms with Gasteiger partial charge >= 0.3 is 0 Å². The number of phenols is 1. The normalized spacial score (nSPS) is 15.8. The van der Waals surface area contributed by atoms with Gasteiger partial charge in [0.1, 0.15) is 11.6 Å². The maximum absolute atomic E-state index is 9.42. The second-order valence-corrected chi connectivity index (χ2v) is 4.54. The molecule has 2 aromatic rings. The summed E-state index contributed by atoms with van der Waals surface area (Å²) in [7, 11) is 0. The summed E-state index contributed by atoms with van der Waals surface area (Å²) in [5.74, 6) is 1.82. The first-order chi connectivity index (χ1) is 8.31. The number of aromatic amines is 1. The van der Waals surface area contributed by atoms with Crippen molar-refractivity contribution in [3.63, 3.8) is 0 Å². The lowest BCUT2D eigenvalue weighted by Crippen LogP contribution is -2.43. The number of aromatic nitrogens is 2. The molecule has 4 heteroatoms. The molecule has 1 aromatic heterocycles.